The number of carbonyl (C=O) groups is 2. The van der Waals surface area contributed by atoms with Crippen molar-refractivity contribution in [2.45, 2.75) is 83.5 Å². The molecule has 1 aliphatic carbocycles. The first-order valence-corrected chi connectivity index (χ1v) is 11.5. The van der Waals surface area contributed by atoms with E-state index >= 15 is 0 Å². The maximum absolute atomic E-state index is 12.0. The van der Waals surface area contributed by atoms with Gasteiger partial charge in [-0.05, 0) is 23.8 Å². The molecule has 5 heteroatoms. The molecule has 0 aromatic carbocycles. The molecule has 1 saturated carbocycles. The van der Waals surface area contributed by atoms with Crippen LogP contribution in [0.4, 0.5) is 0 Å². The molecule has 0 heterocycles. The van der Waals surface area contributed by atoms with Crippen molar-refractivity contribution in [3.8, 4) is 11.5 Å². The maximum Gasteiger partial charge on any atom is 0.327 e. The molecule has 0 bridgehead atoms. The van der Waals surface area contributed by atoms with E-state index in [2.05, 4.69) is 50.6 Å². The number of carboxylic acid groups (broad SMARTS) is 1. The first-order chi connectivity index (χ1) is 10.5. The standard InChI is InChI=1S/C18H31NO3Si/c1-18(2,3)23(4,5)12-8-11-15(17(21)22)19-16(20)13-14-9-6-7-10-14/h14-15H,6-7,9-11,13H2,1-5H3,(H,19,20)(H,21,22)/t15-/m0/s1. The van der Waals surface area contributed by atoms with Gasteiger partial charge in [0.1, 0.15) is 14.1 Å². The molecule has 23 heavy (non-hydrogen) atoms. The number of carbonyl (C=O) groups excluding carboxylic acids is 1. The molecule has 1 amide bonds. The number of carboxylic acids is 1. The Hall–Kier alpha value is -1.28. The lowest BCUT2D eigenvalue weighted by atomic mass is 10.0. The van der Waals surface area contributed by atoms with Crippen molar-refractivity contribution in [1.29, 1.82) is 0 Å². The summed E-state index contributed by atoms with van der Waals surface area (Å²) in [5, 5.41) is 12.1. The minimum atomic E-state index is -1.74. The predicted octanol–water partition coefficient (Wildman–Crippen LogP) is 3.58. The van der Waals surface area contributed by atoms with Crippen molar-refractivity contribution in [1.82, 2.24) is 5.32 Å². The molecule has 4 nitrogen and oxygen atoms in total. The van der Waals surface area contributed by atoms with Crippen molar-refractivity contribution in [2.24, 2.45) is 5.92 Å². The maximum atomic E-state index is 12.0. The normalized spacial score (nSPS) is 17.3. The van der Waals surface area contributed by atoms with Gasteiger partial charge in [0.2, 0.25) is 5.91 Å². The van der Waals surface area contributed by atoms with E-state index < -0.39 is 20.1 Å². The number of nitrogens with one attached hydrogen (secondary N) is 1. The molecular weight excluding hydrogens is 306 g/mol. The van der Waals surface area contributed by atoms with E-state index in [1.807, 2.05) is 0 Å². The van der Waals surface area contributed by atoms with Gasteiger partial charge in [0.15, 0.2) is 0 Å². The highest BCUT2D eigenvalue weighted by Crippen LogP contribution is 2.35. The Morgan fingerprint density at radius 2 is 1.83 bits per heavy atom. The third-order valence-corrected chi connectivity index (χ3v) is 9.72. The van der Waals surface area contributed by atoms with Crippen LogP contribution in [0, 0.1) is 17.4 Å². The van der Waals surface area contributed by atoms with Gasteiger partial charge in [-0.15, -0.1) is 11.5 Å². The first kappa shape index (κ1) is 19.8. The fourth-order valence-electron chi connectivity index (χ4n) is 2.49. The Bertz CT molecular complexity index is 491. The van der Waals surface area contributed by atoms with E-state index in [1.54, 1.807) is 0 Å². The van der Waals surface area contributed by atoms with Crippen molar-refractivity contribution in [3.63, 3.8) is 0 Å². The Labute approximate surface area is 141 Å². The molecule has 0 aromatic heterocycles. The van der Waals surface area contributed by atoms with Gasteiger partial charge >= 0.3 is 5.97 Å². The van der Waals surface area contributed by atoms with Gasteiger partial charge in [0.25, 0.3) is 0 Å². The van der Waals surface area contributed by atoms with E-state index in [-0.39, 0.29) is 17.4 Å². The van der Waals surface area contributed by atoms with E-state index in [0.29, 0.717) is 12.3 Å². The summed E-state index contributed by atoms with van der Waals surface area (Å²) in [6.07, 6.45) is 5.14. The summed E-state index contributed by atoms with van der Waals surface area (Å²) in [4.78, 5) is 23.4. The summed E-state index contributed by atoms with van der Waals surface area (Å²) in [5.74, 6) is 2.29. The largest absolute Gasteiger partial charge is 0.480 e. The molecule has 0 saturated heterocycles. The van der Waals surface area contributed by atoms with Crippen LogP contribution in [0.5, 0.6) is 0 Å². The minimum absolute atomic E-state index is 0.143. The average molecular weight is 338 g/mol. The molecule has 0 aliphatic heterocycles. The van der Waals surface area contributed by atoms with E-state index in [9.17, 15) is 14.7 Å². The second kappa shape index (κ2) is 8.01. The van der Waals surface area contributed by atoms with Gasteiger partial charge in [0.05, 0.1) is 0 Å². The van der Waals surface area contributed by atoms with Gasteiger partial charge in [-0.1, -0.05) is 46.7 Å². The fraction of sp³-hybridized carbons (Fsp3) is 0.778. The minimum Gasteiger partial charge on any atom is -0.480 e. The lowest BCUT2D eigenvalue weighted by molar-refractivity contribution is -0.141. The summed E-state index contributed by atoms with van der Waals surface area (Å²) >= 11 is 0. The second-order valence-electron chi connectivity index (χ2n) is 8.19. The van der Waals surface area contributed by atoms with E-state index in [1.165, 1.54) is 12.8 Å². The highest BCUT2D eigenvalue weighted by Gasteiger charge is 2.33. The van der Waals surface area contributed by atoms with Crippen LogP contribution in [-0.4, -0.2) is 31.1 Å². The fourth-order valence-corrected chi connectivity index (χ4v) is 3.41. The molecule has 1 aliphatic rings. The zero-order valence-electron chi connectivity index (χ0n) is 15.2. The van der Waals surface area contributed by atoms with Gasteiger partial charge in [-0.3, -0.25) is 4.79 Å². The molecule has 2 N–H and O–H groups in total. The number of aliphatic carboxylic acids is 1. The van der Waals surface area contributed by atoms with Crippen LogP contribution >= 0.6 is 0 Å². The smallest absolute Gasteiger partial charge is 0.327 e. The monoisotopic (exact) mass is 337 g/mol. The van der Waals surface area contributed by atoms with Crippen LogP contribution in [0.1, 0.15) is 59.3 Å². The number of hydrogen-bond acceptors (Lipinski definition) is 2. The molecule has 1 fully saturated rings. The van der Waals surface area contributed by atoms with E-state index in [0.717, 1.165) is 12.8 Å². The molecule has 0 radical (unpaired) electrons. The van der Waals surface area contributed by atoms with Crippen molar-refractivity contribution >= 4 is 20.0 Å². The van der Waals surface area contributed by atoms with Crippen LogP contribution < -0.4 is 5.32 Å². The zero-order valence-corrected chi connectivity index (χ0v) is 16.2. The Morgan fingerprint density at radius 3 is 2.30 bits per heavy atom. The SMILES string of the molecule is CC(C)(C)[Si](C)(C)C#CC[C@H](NC(=O)CC1CCCC1)C(=O)O. The summed E-state index contributed by atoms with van der Waals surface area (Å²) in [7, 11) is -1.74. The summed E-state index contributed by atoms with van der Waals surface area (Å²) < 4.78 is 0. The van der Waals surface area contributed by atoms with Crippen LogP contribution in [0.3, 0.4) is 0 Å². The van der Waals surface area contributed by atoms with Crippen molar-refractivity contribution in [3.05, 3.63) is 0 Å². The molecule has 0 unspecified atom stereocenters. The predicted molar refractivity (Wildman–Crippen MR) is 95.7 cm³/mol. The average Bonchev–Trinajstić information content (AvgIpc) is 2.88. The number of rotatable bonds is 5. The Balaban J connectivity index is 2.59. The second-order valence-corrected chi connectivity index (χ2v) is 13.2. The molecule has 0 spiro atoms. The summed E-state index contributed by atoms with van der Waals surface area (Å²) in [6, 6.07) is -0.902. The third-order valence-electron chi connectivity index (χ3n) is 5.16. The van der Waals surface area contributed by atoms with Gasteiger partial charge in [0, 0.05) is 12.8 Å². The van der Waals surface area contributed by atoms with Gasteiger partial charge in [-0.2, -0.15) is 0 Å². The van der Waals surface area contributed by atoms with Gasteiger partial charge in [-0.25, -0.2) is 4.79 Å². The Kier molecular flexibility index (Phi) is 6.88. The van der Waals surface area contributed by atoms with Crippen molar-refractivity contribution in [2.75, 3.05) is 0 Å². The molecule has 1 atom stereocenters. The zero-order chi connectivity index (χ0) is 17.7. The van der Waals surface area contributed by atoms with Crippen LogP contribution in [-0.2, 0) is 9.59 Å². The molecule has 130 valence electrons. The first-order valence-electron chi connectivity index (χ1n) is 8.55. The topological polar surface area (TPSA) is 66.4 Å². The number of amides is 1. The highest BCUT2D eigenvalue weighted by atomic mass is 28.3. The number of hydrogen-bond donors (Lipinski definition) is 2. The van der Waals surface area contributed by atoms with E-state index in [4.69, 9.17) is 0 Å². The lowest BCUT2D eigenvalue weighted by Crippen LogP contribution is -2.41. The molecular formula is C18H31NO3Si. The summed E-state index contributed by atoms with van der Waals surface area (Å²) in [6.45, 7) is 10.9. The third kappa shape index (κ3) is 6.38. The Morgan fingerprint density at radius 1 is 1.26 bits per heavy atom. The molecule has 0 aromatic rings. The van der Waals surface area contributed by atoms with Gasteiger partial charge < -0.3 is 10.4 Å². The lowest BCUT2D eigenvalue weighted by Gasteiger charge is -2.31. The van der Waals surface area contributed by atoms with Crippen LogP contribution in [0.2, 0.25) is 18.1 Å². The highest BCUT2D eigenvalue weighted by molar-refractivity contribution is 6.87. The van der Waals surface area contributed by atoms with Crippen LogP contribution in [0.15, 0.2) is 0 Å². The van der Waals surface area contributed by atoms with Crippen LogP contribution in [0.25, 0.3) is 0 Å². The van der Waals surface area contributed by atoms with Crippen molar-refractivity contribution < 1.29 is 14.7 Å². The quantitative estimate of drug-likeness (QED) is 0.595. The molecule has 1 rings (SSSR count). The summed E-state index contributed by atoms with van der Waals surface area (Å²) in [5.41, 5.74) is 3.30.